The highest BCUT2D eigenvalue weighted by atomic mass is 16.5. The monoisotopic (exact) mass is 324 g/mol. The fourth-order valence-corrected chi connectivity index (χ4v) is 2.50. The third-order valence-electron chi connectivity index (χ3n) is 3.86. The molecule has 1 heterocycles. The van der Waals surface area contributed by atoms with Gasteiger partial charge in [-0.2, -0.15) is 0 Å². The molecule has 0 aromatic heterocycles. The molecule has 0 bridgehead atoms. The Kier molecular flexibility index (Phi) is 4.85. The first kappa shape index (κ1) is 16.1. The normalized spacial score (nSPS) is 14.4. The number of rotatable bonds is 6. The Balaban J connectivity index is 1.79. The second-order valence-corrected chi connectivity index (χ2v) is 5.58. The van der Waals surface area contributed by atoms with Crippen LogP contribution in [0, 0.1) is 0 Å². The summed E-state index contributed by atoms with van der Waals surface area (Å²) in [5.74, 6) is 1.69. The summed E-state index contributed by atoms with van der Waals surface area (Å²) in [6, 6.07) is 13.1. The lowest BCUT2D eigenvalue weighted by Gasteiger charge is -2.05. The molecule has 0 spiro atoms. The van der Waals surface area contributed by atoms with Crippen LogP contribution < -0.4 is 9.47 Å². The summed E-state index contributed by atoms with van der Waals surface area (Å²) in [5, 5.41) is 0. The first-order chi connectivity index (χ1) is 11.7. The van der Waals surface area contributed by atoms with Crippen molar-refractivity contribution in [2.24, 2.45) is 0 Å². The van der Waals surface area contributed by atoms with Crippen LogP contribution in [0.5, 0.6) is 11.5 Å². The van der Waals surface area contributed by atoms with E-state index in [1.807, 2.05) is 42.5 Å². The Morgan fingerprint density at radius 2 is 1.79 bits per heavy atom. The van der Waals surface area contributed by atoms with Gasteiger partial charge in [0.15, 0.2) is 0 Å². The SMILES string of the molecule is CCCCOc1ccc(/C=C2\OC(=O)c3cc(OC)ccc32)cc1. The Labute approximate surface area is 141 Å². The number of cyclic esters (lactones) is 1. The van der Waals surface area contributed by atoms with E-state index in [2.05, 4.69) is 6.92 Å². The van der Waals surface area contributed by atoms with Crippen molar-refractivity contribution in [2.45, 2.75) is 19.8 Å². The van der Waals surface area contributed by atoms with Gasteiger partial charge in [0.25, 0.3) is 0 Å². The molecule has 4 heteroatoms. The van der Waals surface area contributed by atoms with Crippen LogP contribution >= 0.6 is 0 Å². The number of benzene rings is 2. The molecule has 2 aromatic carbocycles. The second kappa shape index (κ2) is 7.21. The minimum absolute atomic E-state index is 0.352. The van der Waals surface area contributed by atoms with E-state index >= 15 is 0 Å². The zero-order valence-corrected chi connectivity index (χ0v) is 13.9. The number of carbonyl (C=O) groups excluding carboxylic acids is 1. The van der Waals surface area contributed by atoms with Gasteiger partial charge in [-0.3, -0.25) is 0 Å². The van der Waals surface area contributed by atoms with Gasteiger partial charge in [-0.05, 0) is 48.4 Å². The maximum Gasteiger partial charge on any atom is 0.344 e. The summed E-state index contributed by atoms with van der Waals surface area (Å²) >= 11 is 0. The smallest absolute Gasteiger partial charge is 0.344 e. The predicted octanol–water partition coefficient (Wildman–Crippen LogP) is 4.54. The van der Waals surface area contributed by atoms with Crippen molar-refractivity contribution in [1.29, 1.82) is 0 Å². The minimum Gasteiger partial charge on any atom is -0.497 e. The fourth-order valence-electron chi connectivity index (χ4n) is 2.50. The number of ether oxygens (including phenoxy) is 3. The molecular formula is C20H20O4. The molecule has 124 valence electrons. The lowest BCUT2D eigenvalue weighted by Crippen LogP contribution is -1.95. The predicted molar refractivity (Wildman–Crippen MR) is 93.1 cm³/mol. The van der Waals surface area contributed by atoms with Gasteiger partial charge in [0.05, 0.1) is 19.3 Å². The molecule has 0 aliphatic carbocycles. The third kappa shape index (κ3) is 3.43. The van der Waals surface area contributed by atoms with E-state index in [0.29, 0.717) is 17.1 Å². The first-order valence-electron chi connectivity index (χ1n) is 8.06. The largest absolute Gasteiger partial charge is 0.497 e. The van der Waals surface area contributed by atoms with Crippen LogP contribution in [-0.2, 0) is 4.74 Å². The number of fused-ring (bicyclic) bond motifs is 1. The molecule has 3 rings (SSSR count). The Hall–Kier alpha value is -2.75. The summed E-state index contributed by atoms with van der Waals surface area (Å²) < 4.78 is 16.2. The van der Waals surface area contributed by atoms with Crippen molar-refractivity contribution >= 4 is 17.8 Å². The first-order valence-corrected chi connectivity index (χ1v) is 8.06. The molecule has 0 atom stereocenters. The number of esters is 1. The Morgan fingerprint density at radius 3 is 2.50 bits per heavy atom. The number of hydrogen-bond donors (Lipinski definition) is 0. The number of methoxy groups -OCH3 is 1. The average molecular weight is 324 g/mol. The van der Waals surface area contributed by atoms with E-state index in [1.54, 1.807) is 13.2 Å². The van der Waals surface area contributed by atoms with Crippen molar-refractivity contribution in [1.82, 2.24) is 0 Å². The second-order valence-electron chi connectivity index (χ2n) is 5.58. The van der Waals surface area contributed by atoms with Gasteiger partial charge in [-0.15, -0.1) is 0 Å². The van der Waals surface area contributed by atoms with Crippen LogP contribution in [-0.4, -0.2) is 19.7 Å². The molecular weight excluding hydrogens is 304 g/mol. The lowest BCUT2D eigenvalue weighted by atomic mass is 10.1. The van der Waals surface area contributed by atoms with Crippen LogP contribution in [0.3, 0.4) is 0 Å². The van der Waals surface area contributed by atoms with Crippen LogP contribution in [0.1, 0.15) is 41.3 Å². The molecule has 0 fully saturated rings. The molecule has 24 heavy (non-hydrogen) atoms. The molecule has 1 aliphatic heterocycles. The highest BCUT2D eigenvalue weighted by Crippen LogP contribution is 2.33. The fraction of sp³-hybridized carbons (Fsp3) is 0.250. The van der Waals surface area contributed by atoms with Crippen molar-refractivity contribution < 1.29 is 19.0 Å². The number of unbranched alkanes of at least 4 members (excludes halogenated alkanes) is 1. The molecule has 0 radical (unpaired) electrons. The highest BCUT2D eigenvalue weighted by molar-refractivity contribution is 6.06. The zero-order valence-electron chi connectivity index (χ0n) is 13.9. The maximum absolute atomic E-state index is 12.0. The number of carbonyl (C=O) groups is 1. The summed E-state index contributed by atoms with van der Waals surface area (Å²) in [6.45, 7) is 2.86. The third-order valence-corrected chi connectivity index (χ3v) is 3.86. The standard InChI is InChI=1S/C20H20O4/c1-3-4-11-23-15-7-5-14(6-8-15)12-19-17-10-9-16(22-2)13-18(17)20(21)24-19/h5-10,12-13H,3-4,11H2,1-2H3/b19-12-. The zero-order chi connectivity index (χ0) is 16.9. The molecule has 1 aliphatic rings. The van der Waals surface area contributed by atoms with E-state index < -0.39 is 0 Å². The van der Waals surface area contributed by atoms with Gasteiger partial charge in [-0.25, -0.2) is 4.79 Å². The summed E-state index contributed by atoms with van der Waals surface area (Å²) in [4.78, 5) is 12.0. The van der Waals surface area contributed by atoms with Crippen molar-refractivity contribution in [3.63, 3.8) is 0 Å². The highest BCUT2D eigenvalue weighted by Gasteiger charge is 2.26. The maximum atomic E-state index is 12.0. The average Bonchev–Trinajstić information content (AvgIpc) is 2.92. The van der Waals surface area contributed by atoms with Crippen LogP contribution in [0.4, 0.5) is 0 Å². The van der Waals surface area contributed by atoms with Gasteiger partial charge in [0.1, 0.15) is 17.3 Å². The summed E-state index contributed by atoms with van der Waals surface area (Å²) in [7, 11) is 1.57. The van der Waals surface area contributed by atoms with Crippen LogP contribution in [0.25, 0.3) is 11.8 Å². The van der Waals surface area contributed by atoms with Crippen LogP contribution in [0.2, 0.25) is 0 Å². The quantitative estimate of drug-likeness (QED) is 0.578. The van der Waals surface area contributed by atoms with Crippen molar-refractivity contribution in [3.05, 3.63) is 59.2 Å². The van der Waals surface area contributed by atoms with E-state index in [4.69, 9.17) is 14.2 Å². The number of hydrogen-bond acceptors (Lipinski definition) is 4. The molecule has 0 amide bonds. The molecule has 2 aromatic rings. The van der Waals surface area contributed by atoms with Gasteiger partial charge < -0.3 is 14.2 Å². The Morgan fingerprint density at radius 1 is 1.04 bits per heavy atom. The van der Waals surface area contributed by atoms with Gasteiger partial charge in [0, 0.05) is 5.56 Å². The van der Waals surface area contributed by atoms with Gasteiger partial charge in [-0.1, -0.05) is 25.5 Å². The molecule has 0 saturated heterocycles. The van der Waals surface area contributed by atoms with Crippen LogP contribution in [0.15, 0.2) is 42.5 Å². The van der Waals surface area contributed by atoms with Crippen molar-refractivity contribution in [2.75, 3.05) is 13.7 Å². The van der Waals surface area contributed by atoms with E-state index in [1.165, 1.54) is 0 Å². The lowest BCUT2D eigenvalue weighted by molar-refractivity contribution is 0.0717. The molecule has 0 saturated carbocycles. The van der Waals surface area contributed by atoms with E-state index in [0.717, 1.165) is 36.3 Å². The molecule has 0 N–H and O–H groups in total. The van der Waals surface area contributed by atoms with E-state index in [-0.39, 0.29) is 5.97 Å². The van der Waals surface area contributed by atoms with Crippen molar-refractivity contribution in [3.8, 4) is 11.5 Å². The topological polar surface area (TPSA) is 44.8 Å². The minimum atomic E-state index is -0.352. The molecule has 0 unspecified atom stereocenters. The Bertz CT molecular complexity index is 760. The summed E-state index contributed by atoms with van der Waals surface area (Å²) in [6.07, 6.45) is 4.01. The van der Waals surface area contributed by atoms with Gasteiger partial charge in [0.2, 0.25) is 0 Å². The molecule has 4 nitrogen and oxygen atoms in total. The van der Waals surface area contributed by atoms with E-state index in [9.17, 15) is 4.79 Å². The summed E-state index contributed by atoms with van der Waals surface area (Å²) in [5.41, 5.74) is 2.26. The van der Waals surface area contributed by atoms with Gasteiger partial charge >= 0.3 is 5.97 Å².